The molecule has 2 rings (SSSR count). The molecule has 5 heteroatoms. The fraction of sp³-hybridized carbons (Fsp3) is 0.600. The molecule has 0 radical (unpaired) electrons. The highest BCUT2D eigenvalue weighted by Gasteiger charge is 2.28. The number of carbonyl (C=O) groups is 2. The van der Waals surface area contributed by atoms with Crippen molar-refractivity contribution in [3.05, 3.63) is 29.3 Å². The molecule has 25 heavy (non-hydrogen) atoms. The molecule has 1 aliphatic carbocycles. The van der Waals surface area contributed by atoms with Crippen LogP contribution in [0.3, 0.4) is 0 Å². The van der Waals surface area contributed by atoms with E-state index in [1.807, 2.05) is 39.0 Å². The van der Waals surface area contributed by atoms with Crippen LogP contribution in [0.15, 0.2) is 18.2 Å². The molecule has 3 atom stereocenters. The average Bonchev–Trinajstić information content (AvgIpc) is 2.58. The molecule has 1 fully saturated rings. The molecule has 0 unspecified atom stereocenters. The first-order valence-corrected chi connectivity index (χ1v) is 9.37. The van der Waals surface area contributed by atoms with E-state index in [2.05, 4.69) is 22.9 Å². The lowest BCUT2D eigenvalue weighted by atomic mass is 9.85. The Kier molecular flexibility index (Phi) is 7.00. The van der Waals surface area contributed by atoms with Crippen LogP contribution in [-0.2, 0) is 9.59 Å². The third-order valence-corrected chi connectivity index (χ3v) is 5.30. The summed E-state index contributed by atoms with van der Waals surface area (Å²) in [4.78, 5) is 24.4. The third kappa shape index (κ3) is 5.56. The van der Waals surface area contributed by atoms with Gasteiger partial charge >= 0.3 is 0 Å². The summed E-state index contributed by atoms with van der Waals surface area (Å²) in [5, 5.41) is 7.83. The molecule has 2 amide bonds. The molecule has 5 nitrogen and oxygen atoms in total. The number of rotatable bonds is 6. The molecule has 4 N–H and O–H groups in total. The molecule has 0 aromatic heterocycles. The summed E-state index contributed by atoms with van der Waals surface area (Å²) in [5.74, 6) is 0.384. The Labute approximate surface area is 151 Å². The van der Waals surface area contributed by atoms with Crippen LogP contribution in [0.2, 0.25) is 0 Å². The molecule has 138 valence electrons. The number of benzene rings is 1. The van der Waals surface area contributed by atoms with E-state index in [4.69, 9.17) is 0 Å². The van der Waals surface area contributed by atoms with Crippen molar-refractivity contribution >= 4 is 17.5 Å². The SMILES string of the molecule is Cc1cccc(C)c1NC(=O)CNC(=O)[C@@H](C)[NH2+][C@@H]1CCCC[C@@H]1C. The minimum Gasteiger partial charge on any atom is -0.342 e. The fourth-order valence-electron chi connectivity index (χ4n) is 3.61. The smallest absolute Gasteiger partial charge is 0.278 e. The highest BCUT2D eigenvalue weighted by atomic mass is 16.2. The highest BCUT2D eigenvalue weighted by Crippen LogP contribution is 2.21. The van der Waals surface area contributed by atoms with Crippen molar-refractivity contribution < 1.29 is 14.9 Å². The van der Waals surface area contributed by atoms with E-state index in [0.717, 1.165) is 16.8 Å². The molecule has 1 aliphatic rings. The van der Waals surface area contributed by atoms with Crippen LogP contribution in [0.25, 0.3) is 0 Å². The predicted molar refractivity (Wildman–Crippen MR) is 100 cm³/mol. The number of nitrogens with two attached hydrogens (primary N) is 1. The van der Waals surface area contributed by atoms with Gasteiger partial charge in [-0.1, -0.05) is 31.5 Å². The van der Waals surface area contributed by atoms with Crippen molar-refractivity contribution in [2.75, 3.05) is 11.9 Å². The molecule has 0 heterocycles. The summed E-state index contributed by atoms with van der Waals surface area (Å²) in [6.07, 6.45) is 4.96. The molecule has 1 aromatic rings. The standard InChI is InChI=1S/C20H31N3O2/c1-13-8-5-6-11-17(13)22-16(4)20(25)21-12-18(24)23-19-14(2)9-7-10-15(19)3/h7,9-10,13,16-17,22H,5-6,8,11-12H2,1-4H3,(H,21,25)(H,23,24)/p+1/t13-,16+,17+/m0/s1. The van der Waals surface area contributed by atoms with Crippen molar-refractivity contribution in [3.63, 3.8) is 0 Å². The predicted octanol–water partition coefficient (Wildman–Crippen LogP) is 1.89. The Morgan fingerprint density at radius 1 is 1.20 bits per heavy atom. The molecule has 1 aromatic carbocycles. The molecular weight excluding hydrogens is 314 g/mol. The largest absolute Gasteiger partial charge is 0.342 e. The lowest BCUT2D eigenvalue weighted by Gasteiger charge is -2.28. The minimum atomic E-state index is -0.191. The fourth-order valence-corrected chi connectivity index (χ4v) is 3.61. The number of para-hydroxylation sites is 1. The summed E-state index contributed by atoms with van der Waals surface area (Å²) in [7, 11) is 0. The monoisotopic (exact) mass is 346 g/mol. The Balaban J connectivity index is 1.79. The van der Waals surface area contributed by atoms with Gasteiger partial charge in [0.25, 0.3) is 5.91 Å². The number of hydrogen-bond donors (Lipinski definition) is 3. The van der Waals surface area contributed by atoms with Gasteiger partial charge in [-0.05, 0) is 51.2 Å². The lowest BCUT2D eigenvalue weighted by molar-refractivity contribution is -0.714. The number of carbonyl (C=O) groups excluding carboxylic acids is 2. The Bertz CT molecular complexity index is 595. The number of aryl methyl sites for hydroxylation is 2. The van der Waals surface area contributed by atoms with Crippen LogP contribution < -0.4 is 16.0 Å². The van der Waals surface area contributed by atoms with Gasteiger partial charge in [0.2, 0.25) is 5.91 Å². The van der Waals surface area contributed by atoms with Gasteiger partial charge in [-0.25, -0.2) is 0 Å². The second-order valence-corrected chi connectivity index (χ2v) is 7.44. The van der Waals surface area contributed by atoms with Crippen LogP contribution in [0.1, 0.15) is 50.7 Å². The van der Waals surface area contributed by atoms with Gasteiger partial charge in [0.05, 0.1) is 12.6 Å². The van der Waals surface area contributed by atoms with Gasteiger partial charge < -0.3 is 16.0 Å². The summed E-state index contributed by atoms with van der Waals surface area (Å²) in [6.45, 7) is 8.11. The van der Waals surface area contributed by atoms with Crippen LogP contribution in [0.5, 0.6) is 0 Å². The molecule has 1 saturated carbocycles. The number of quaternary nitrogens is 1. The number of anilines is 1. The van der Waals surface area contributed by atoms with Gasteiger partial charge in [0, 0.05) is 11.6 Å². The number of amides is 2. The first kappa shape index (κ1) is 19.4. The number of hydrogen-bond acceptors (Lipinski definition) is 2. The zero-order chi connectivity index (χ0) is 18.4. The minimum absolute atomic E-state index is 0.00497. The van der Waals surface area contributed by atoms with E-state index in [9.17, 15) is 9.59 Å². The van der Waals surface area contributed by atoms with Crippen LogP contribution in [0.4, 0.5) is 5.69 Å². The third-order valence-electron chi connectivity index (χ3n) is 5.30. The maximum Gasteiger partial charge on any atom is 0.278 e. The van der Waals surface area contributed by atoms with Crippen molar-refractivity contribution in [2.24, 2.45) is 5.92 Å². The van der Waals surface area contributed by atoms with Crippen LogP contribution in [0, 0.1) is 19.8 Å². The quantitative estimate of drug-likeness (QED) is 0.736. The first-order valence-electron chi connectivity index (χ1n) is 9.37. The Hall–Kier alpha value is -1.88. The summed E-state index contributed by atoms with van der Waals surface area (Å²) in [6, 6.07) is 6.23. The summed E-state index contributed by atoms with van der Waals surface area (Å²) >= 11 is 0. The maximum atomic E-state index is 12.3. The summed E-state index contributed by atoms with van der Waals surface area (Å²) in [5.41, 5.74) is 2.87. The maximum absolute atomic E-state index is 12.3. The second-order valence-electron chi connectivity index (χ2n) is 7.44. The van der Waals surface area contributed by atoms with Gasteiger partial charge in [0.15, 0.2) is 6.04 Å². The van der Waals surface area contributed by atoms with E-state index >= 15 is 0 Å². The molecule has 0 spiro atoms. The average molecular weight is 346 g/mol. The van der Waals surface area contributed by atoms with Crippen molar-refractivity contribution in [2.45, 2.75) is 65.5 Å². The van der Waals surface area contributed by atoms with E-state index < -0.39 is 0 Å². The van der Waals surface area contributed by atoms with E-state index in [1.165, 1.54) is 25.7 Å². The van der Waals surface area contributed by atoms with Gasteiger partial charge in [-0.15, -0.1) is 0 Å². The van der Waals surface area contributed by atoms with E-state index in [1.54, 1.807) is 0 Å². The van der Waals surface area contributed by atoms with Gasteiger partial charge in [-0.3, -0.25) is 9.59 Å². The lowest BCUT2D eigenvalue weighted by Crippen LogP contribution is -2.97. The molecule has 0 saturated heterocycles. The molecule has 0 bridgehead atoms. The van der Waals surface area contributed by atoms with Crippen LogP contribution >= 0.6 is 0 Å². The highest BCUT2D eigenvalue weighted by molar-refractivity contribution is 5.96. The van der Waals surface area contributed by atoms with Crippen molar-refractivity contribution in [3.8, 4) is 0 Å². The van der Waals surface area contributed by atoms with Crippen LogP contribution in [-0.4, -0.2) is 30.4 Å². The topological polar surface area (TPSA) is 74.8 Å². The van der Waals surface area contributed by atoms with Crippen molar-refractivity contribution in [1.82, 2.24) is 5.32 Å². The van der Waals surface area contributed by atoms with E-state index in [0.29, 0.717) is 12.0 Å². The van der Waals surface area contributed by atoms with Gasteiger partial charge in [0.1, 0.15) is 0 Å². The first-order chi connectivity index (χ1) is 11.9. The zero-order valence-electron chi connectivity index (χ0n) is 15.9. The van der Waals surface area contributed by atoms with Crippen molar-refractivity contribution in [1.29, 1.82) is 0 Å². The Morgan fingerprint density at radius 3 is 2.48 bits per heavy atom. The zero-order valence-corrected chi connectivity index (χ0v) is 15.9. The molecular formula is C20H32N3O2+. The Morgan fingerprint density at radius 2 is 1.84 bits per heavy atom. The normalized spacial score (nSPS) is 21.4. The second kappa shape index (κ2) is 8.99. The number of nitrogens with one attached hydrogen (secondary N) is 2. The molecule has 0 aliphatic heterocycles. The van der Waals surface area contributed by atoms with E-state index in [-0.39, 0.29) is 24.4 Å². The van der Waals surface area contributed by atoms with Gasteiger partial charge in [-0.2, -0.15) is 0 Å². The summed E-state index contributed by atoms with van der Waals surface area (Å²) < 4.78 is 0.